The number of hydrogen-bond donors (Lipinski definition) is 3. The average Bonchev–Trinajstić information content (AvgIpc) is 3.00. The molecule has 3 N–H and O–H groups in total. The third-order valence-electron chi connectivity index (χ3n) is 4.32. The number of nitro benzene ring substituents is 1. The van der Waals surface area contributed by atoms with Crippen LogP contribution in [0.1, 0.15) is 11.8 Å². The maximum atomic E-state index is 13.1. The highest BCUT2D eigenvalue weighted by atomic mass is 31.1. The molecule has 1 aliphatic rings. The zero-order chi connectivity index (χ0) is 20.6. The van der Waals surface area contributed by atoms with Crippen molar-refractivity contribution in [3.63, 3.8) is 0 Å². The molecule has 1 aromatic carbocycles. The summed E-state index contributed by atoms with van der Waals surface area (Å²) in [6, 6.07) is 4.89. The number of aliphatic hydroxyl groups excluding tert-OH is 2. The van der Waals surface area contributed by atoms with Crippen LogP contribution in [0.4, 0.5) is 5.69 Å². The quantitative estimate of drug-likeness (QED) is 0.303. The topological polar surface area (TPSA) is 171 Å². The van der Waals surface area contributed by atoms with E-state index in [1.165, 1.54) is 37.4 Å². The third-order valence-corrected chi connectivity index (χ3v) is 6.04. The highest BCUT2D eigenvalue weighted by Crippen LogP contribution is 2.33. The van der Waals surface area contributed by atoms with E-state index in [0.717, 1.165) is 4.57 Å². The molecule has 4 atom stereocenters. The van der Waals surface area contributed by atoms with Gasteiger partial charge in [0.1, 0.15) is 17.5 Å². The fourth-order valence-corrected chi connectivity index (χ4v) is 4.35. The summed E-state index contributed by atoms with van der Waals surface area (Å²) in [5, 5.41) is 30.8. The Morgan fingerprint density at radius 2 is 1.96 bits per heavy atom. The lowest BCUT2D eigenvalue weighted by Crippen LogP contribution is -2.37. The van der Waals surface area contributed by atoms with Crippen molar-refractivity contribution in [2.75, 3.05) is 6.61 Å². The number of aromatic amines is 1. The van der Waals surface area contributed by atoms with Crippen LogP contribution in [0.2, 0.25) is 0 Å². The van der Waals surface area contributed by atoms with Crippen molar-refractivity contribution in [2.24, 2.45) is 0 Å². The highest BCUT2D eigenvalue weighted by Gasteiger charge is 2.46. The van der Waals surface area contributed by atoms with Crippen molar-refractivity contribution < 1.29 is 24.8 Å². The van der Waals surface area contributed by atoms with Gasteiger partial charge in [0.25, 0.3) is 11.2 Å². The van der Waals surface area contributed by atoms with Crippen molar-refractivity contribution in [3.8, 4) is 0 Å². The van der Waals surface area contributed by atoms with Gasteiger partial charge in [-0.05, 0) is 19.1 Å². The maximum Gasteiger partial charge on any atom is 0.330 e. The number of hydrogen-bond acceptors (Lipinski definition) is 8. The summed E-state index contributed by atoms with van der Waals surface area (Å²) in [6.07, 6.45) is -2.67. The lowest BCUT2D eigenvalue weighted by Gasteiger charge is -2.15. The minimum absolute atomic E-state index is 0.0866. The van der Waals surface area contributed by atoms with Gasteiger partial charge >= 0.3 is 5.69 Å². The maximum absolute atomic E-state index is 13.1. The predicted molar refractivity (Wildman–Crippen MR) is 97.7 cm³/mol. The largest absolute Gasteiger partial charge is 0.626 e. The number of H-pyrrole nitrogens is 1. The van der Waals surface area contributed by atoms with Crippen LogP contribution in [0.15, 0.2) is 40.1 Å². The van der Waals surface area contributed by atoms with E-state index in [4.69, 9.17) is 4.74 Å². The molecule has 1 unspecified atom stereocenters. The number of aliphatic hydroxyl groups is 2. The van der Waals surface area contributed by atoms with Crippen LogP contribution in [0.25, 0.3) is 0 Å². The predicted octanol–water partition coefficient (Wildman–Crippen LogP) is -1.74. The second kappa shape index (κ2) is 7.74. The fraction of sp³-hybridized carbons (Fsp3) is 0.312. The molecule has 12 heteroatoms. The molecule has 0 radical (unpaired) electrons. The molecule has 3 rings (SSSR count). The van der Waals surface area contributed by atoms with Crippen molar-refractivity contribution in [1.29, 1.82) is 0 Å². The molecule has 2 heterocycles. The van der Waals surface area contributed by atoms with Crippen molar-refractivity contribution in [1.82, 2.24) is 9.55 Å². The number of benzene rings is 1. The SMILES string of the molecule is Cc1cn([C@@H]2O[C@H](CO)[C@@H](O)C2=[P+]([O-])c2ccc([N+](=O)[O-])cc2)c(=O)[nH]c1=O. The summed E-state index contributed by atoms with van der Waals surface area (Å²) in [5.41, 5.74) is -1.44. The summed E-state index contributed by atoms with van der Waals surface area (Å²) in [4.78, 5) is 49.1. The third kappa shape index (κ3) is 3.53. The molecule has 0 bridgehead atoms. The number of rotatable bonds is 4. The minimum Gasteiger partial charge on any atom is -0.626 e. The van der Waals surface area contributed by atoms with Crippen LogP contribution in [0.3, 0.4) is 0 Å². The normalized spacial score (nSPS) is 23.6. The molecule has 0 saturated carbocycles. The molecule has 0 amide bonds. The molecule has 11 nitrogen and oxygen atoms in total. The lowest BCUT2D eigenvalue weighted by atomic mass is 10.2. The average molecular weight is 409 g/mol. The first-order valence-electron chi connectivity index (χ1n) is 8.09. The summed E-state index contributed by atoms with van der Waals surface area (Å²) in [5.74, 6) is 0. The van der Waals surface area contributed by atoms with Crippen molar-refractivity contribution >= 4 is 24.1 Å². The number of aryl methyl sites for hydroxylation is 1. The molecule has 1 aliphatic heterocycles. The molecule has 1 fully saturated rings. The smallest absolute Gasteiger partial charge is 0.330 e. The first-order chi connectivity index (χ1) is 13.2. The van der Waals surface area contributed by atoms with Gasteiger partial charge in [-0.3, -0.25) is 24.5 Å². The molecule has 2 aromatic rings. The van der Waals surface area contributed by atoms with Gasteiger partial charge in [-0.1, -0.05) is 0 Å². The molecule has 28 heavy (non-hydrogen) atoms. The molecular formula is C16H16N3O8P. The summed E-state index contributed by atoms with van der Waals surface area (Å²) < 4.78 is 6.49. The Morgan fingerprint density at radius 3 is 2.54 bits per heavy atom. The van der Waals surface area contributed by atoms with Gasteiger partial charge in [-0.15, -0.1) is 0 Å². The molecule has 0 spiro atoms. The van der Waals surface area contributed by atoms with Gasteiger partial charge in [0, 0.05) is 23.9 Å². The lowest BCUT2D eigenvalue weighted by molar-refractivity contribution is -0.384. The number of nitrogens with zero attached hydrogens (tertiary/aromatic N) is 2. The number of aromatic nitrogens is 2. The van der Waals surface area contributed by atoms with Gasteiger partial charge < -0.3 is 19.8 Å². The van der Waals surface area contributed by atoms with Crippen LogP contribution < -0.4 is 21.4 Å². The molecule has 0 aliphatic carbocycles. The number of nitrogens with one attached hydrogen (secondary N) is 1. The number of ether oxygens (including phenoxy) is 1. The van der Waals surface area contributed by atoms with E-state index in [1.807, 2.05) is 0 Å². The number of nitro groups is 1. The molecule has 1 aromatic heterocycles. The van der Waals surface area contributed by atoms with Crippen LogP contribution >= 0.6 is 7.77 Å². The molecule has 1 saturated heterocycles. The second-order valence-corrected chi connectivity index (χ2v) is 7.75. The van der Waals surface area contributed by atoms with Crippen LogP contribution in [-0.2, 0) is 4.74 Å². The van der Waals surface area contributed by atoms with Crippen LogP contribution in [0.5, 0.6) is 0 Å². The zero-order valence-electron chi connectivity index (χ0n) is 14.5. The van der Waals surface area contributed by atoms with E-state index in [9.17, 15) is 34.8 Å². The standard InChI is InChI=1S/C16H16N3O8P/c1-8-6-18(16(23)17-14(8)22)15-13(12(21)11(7-20)27-15)28(26)10-4-2-9(3-5-10)19(24)25/h2-6,11-12,15,20-21H,7H2,1H3,(H,17,22,23)/t11-,12-,15-/m1/s1. The van der Waals surface area contributed by atoms with Gasteiger partial charge in [-0.25, -0.2) is 4.79 Å². The van der Waals surface area contributed by atoms with E-state index in [0.29, 0.717) is 0 Å². The first-order valence-corrected chi connectivity index (χ1v) is 9.35. The Bertz CT molecular complexity index is 1060. The fourth-order valence-electron chi connectivity index (χ4n) is 2.84. The Hall–Kier alpha value is -2.69. The Labute approximate surface area is 158 Å². The highest BCUT2D eigenvalue weighted by molar-refractivity contribution is 7.60. The van der Waals surface area contributed by atoms with E-state index >= 15 is 0 Å². The summed E-state index contributed by atoms with van der Waals surface area (Å²) in [6.45, 7) is 0.862. The Kier molecular flexibility index (Phi) is 5.54. The number of non-ortho nitro benzene ring substituents is 1. The van der Waals surface area contributed by atoms with Crippen LogP contribution in [-0.4, -0.2) is 48.8 Å². The Morgan fingerprint density at radius 1 is 1.32 bits per heavy atom. The van der Waals surface area contributed by atoms with E-state index < -0.39 is 49.0 Å². The van der Waals surface area contributed by atoms with Crippen molar-refractivity contribution in [3.05, 3.63) is 67.0 Å². The first kappa shape index (κ1) is 20.1. The van der Waals surface area contributed by atoms with Crippen molar-refractivity contribution in [2.45, 2.75) is 25.4 Å². The minimum atomic E-state index is -2.47. The zero-order valence-corrected chi connectivity index (χ0v) is 15.4. The summed E-state index contributed by atoms with van der Waals surface area (Å²) in [7, 11) is -2.47. The molecule has 148 valence electrons. The van der Waals surface area contributed by atoms with Gasteiger partial charge in [0.15, 0.2) is 5.29 Å². The van der Waals surface area contributed by atoms with Gasteiger partial charge in [-0.2, -0.15) is 0 Å². The monoisotopic (exact) mass is 409 g/mol. The Balaban J connectivity index is 2.15. The van der Waals surface area contributed by atoms with E-state index in [-0.39, 0.29) is 21.8 Å². The van der Waals surface area contributed by atoms with Gasteiger partial charge in [0.05, 0.1) is 19.3 Å². The van der Waals surface area contributed by atoms with Gasteiger partial charge in [0.2, 0.25) is 6.23 Å². The summed E-state index contributed by atoms with van der Waals surface area (Å²) >= 11 is 0. The molecular weight excluding hydrogens is 393 g/mol. The van der Waals surface area contributed by atoms with E-state index in [1.54, 1.807) is 0 Å². The van der Waals surface area contributed by atoms with Crippen LogP contribution in [0, 0.1) is 17.0 Å². The van der Waals surface area contributed by atoms with E-state index in [2.05, 4.69) is 4.98 Å². The second-order valence-electron chi connectivity index (χ2n) is 6.13.